The Hall–Kier alpha value is -1.48. The minimum atomic E-state index is 0.200. The second-order valence-electron chi connectivity index (χ2n) is 3.75. The predicted molar refractivity (Wildman–Crippen MR) is 65.9 cm³/mol. The fraction of sp³-hybridized carbons (Fsp3) is 0.231. The highest BCUT2D eigenvalue weighted by atomic mass is 32.1. The monoisotopic (exact) mass is 231 g/mol. The quantitative estimate of drug-likeness (QED) is 0.756. The number of nitrogens with zero attached hydrogens (tertiary/aromatic N) is 1. The highest BCUT2D eigenvalue weighted by Crippen LogP contribution is 2.13. The van der Waals surface area contributed by atoms with Gasteiger partial charge in [-0.3, -0.25) is 9.78 Å². The number of pyridine rings is 1. The molecule has 0 unspecified atom stereocenters. The van der Waals surface area contributed by atoms with Crippen LogP contribution in [-0.4, -0.2) is 10.8 Å². The molecular formula is C13H13NOS. The Morgan fingerprint density at radius 3 is 3.00 bits per heavy atom. The van der Waals surface area contributed by atoms with E-state index in [0.717, 1.165) is 17.5 Å². The van der Waals surface area contributed by atoms with Gasteiger partial charge in [-0.1, -0.05) is 0 Å². The van der Waals surface area contributed by atoms with Crippen LogP contribution in [0.2, 0.25) is 0 Å². The number of aryl methyl sites for hydroxylation is 2. The van der Waals surface area contributed by atoms with Crippen LogP contribution in [-0.2, 0) is 6.42 Å². The molecule has 0 atom stereocenters. The molecule has 2 aromatic heterocycles. The molecule has 0 fully saturated rings. The predicted octanol–water partition coefficient (Wildman–Crippen LogP) is 3.27. The standard InChI is InChI=1S/C13H13NOS/c1-10-8-14-6-4-12(10)13(15)3-2-11-5-7-16-9-11/h4-9H,2-3H2,1H3. The van der Waals surface area contributed by atoms with Crippen LogP contribution in [0, 0.1) is 6.92 Å². The molecule has 0 aliphatic carbocycles. The van der Waals surface area contributed by atoms with E-state index in [4.69, 9.17) is 0 Å². The highest BCUT2D eigenvalue weighted by molar-refractivity contribution is 7.07. The van der Waals surface area contributed by atoms with Crippen molar-refractivity contribution in [2.24, 2.45) is 0 Å². The van der Waals surface area contributed by atoms with Gasteiger partial charge in [-0.05, 0) is 47.4 Å². The third-order valence-corrected chi connectivity index (χ3v) is 3.27. The average molecular weight is 231 g/mol. The van der Waals surface area contributed by atoms with E-state index in [1.165, 1.54) is 5.56 Å². The van der Waals surface area contributed by atoms with Crippen LogP contribution in [0.15, 0.2) is 35.3 Å². The number of carbonyl (C=O) groups excluding carboxylic acids is 1. The molecule has 2 rings (SSSR count). The summed E-state index contributed by atoms with van der Waals surface area (Å²) in [6.45, 7) is 1.92. The summed E-state index contributed by atoms with van der Waals surface area (Å²) in [6.07, 6.45) is 4.80. The molecule has 2 heterocycles. The minimum absolute atomic E-state index is 0.200. The van der Waals surface area contributed by atoms with Crippen LogP contribution in [0.1, 0.15) is 27.9 Å². The maximum atomic E-state index is 11.9. The van der Waals surface area contributed by atoms with E-state index in [-0.39, 0.29) is 5.78 Å². The number of thiophene rings is 1. The molecule has 0 N–H and O–H groups in total. The van der Waals surface area contributed by atoms with E-state index in [1.54, 1.807) is 29.8 Å². The van der Waals surface area contributed by atoms with E-state index >= 15 is 0 Å². The topological polar surface area (TPSA) is 30.0 Å². The number of ketones is 1. The van der Waals surface area contributed by atoms with Gasteiger partial charge in [-0.15, -0.1) is 0 Å². The zero-order chi connectivity index (χ0) is 11.4. The Kier molecular flexibility index (Phi) is 3.47. The Bertz CT molecular complexity index is 476. The first kappa shape index (κ1) is 11.0. The summed E-state index contributed by atoms with van der Waals surface area (Å²) in [5, 5.41) is 4.13. The lowest BCUT2D eigenvalue weighted by molar-refractivity contribution is 0.0982. The Labute approximate surface area is 99.0 Å². The van der Waals surface area contributed by atoms with Crippen molar-refractivity contribution in [2.45, 2.75) is 19.8 Å². The first-order valence-electron chi connectivity index (χ1n) is 5.22. The van der Waals surface area contributed by atoms with E-state index in [2.05, 4.69) is 16.4 Å². The van der Waals surface area contributed by atoms with Crippen LogP contribution in [0.4, 0.5) is 0 Å². The van der Waals surface area contributed by atoms with Crippen molar-refractivity contribution in [1.82, 2.24) is 4.98 Å². The summed E-state index contributed by atoms with van der Waals surface area (Å²) in [4.78, 5) is 15.9. The lowest BCUT2D eigenvalue weighted by Gasteiger charge is -2.03. The molecular weight excluding hydrogens is 218 g/mol. The van der Waals surface area contributed by atoms with E-state index in [0.29, 0.717) is 6.42 Å². The lowest BCUT2D eigenvalue weighted by Crippen LogP contribution is -2.03. The van der Waals surface area contributed by atoms with Crippen molar-refractivity contribution in [1.29, 1.82) is 0 Å². The first-order chi connectivity index (χ1) is 7.77. The number of rotatable bonds is 4. The number of hydrogen-bond donors (Lipinski definition) is 0. The van der Waals surface area contributed by atoms with Crippen molar-refractivity contribution < 1.29 is 4.79 Å². The largest absolute Gasteiger partial charge is 0.294 e. The number of aromatic nitrogens is 1. The Balaban J connectivity index is 2.01. The van der Waals surface area contributed by atoms with Crippen molar-refractivity contribution in [3.63, 3.8) is 0 Å². The molecule has 0 aliphatic heterocycles. The van der Waals surface area contributed by atoms with Gasteiger partial charge in [0.25, 0.3) is 0 Å². The minimum Gasteiger partial charge on any atom is -0.294 e. The SMILES string of the molecule is Cc1cnccc1C(=O)CCc1ccsc1. The van der Waals surface area contributed by atoms with Gasteiger partial charge in [0.05, 0.1) is 0 Å². The summed E-state index contributed by atoms with van der Waals surface area (Å²) in [7, 11) is 0. The zero-order valence-corrected chi connectivity index (χ0v) is 9.96. The number of carbonyl (C=O) groups is 1. The molecule has 0 spiro atoms. The van der Waals surface area contributed by atoms with Crippen LogP contribution in [0.3, 0.4) is 0 Å². The summed E-state index contributed by atoms with van der Waals surface area (Å²) in [5.74, 6) is 0.200. The van der Waals surface area contributed by atoms with E-state index < -0.39 is 0 Å². The molecule has 3 heteroatoms. The van der Waals surface area contributed by atoms with Gasteiger partial charge in [0, 0.05) is 24.4 Å². The highest BCUT2D eigenvalue weighted by Gasteiger charge is 2.08. The summed E-state index contributed by atoms with van der Waals surface area (Å²) < 4.78 is 0. The molecule has 2 aromatic rings. The molecule has 16 heavy (non-hydrogen) atoms. The molecule has 0 aliphatic rings. The second kappa shape index (κ2) is 5.03. The van der Waals surface area contributed by atoms with Gasteiger partial charge >= 0.3 is 0 Å². The van der Waals surface area contributed by atoms with Gasteiger partial charge in [-0.2, -0.15) is 11.3 Å². The van der Waals surface area contributed by atoms with Crippen molar-refractivity contribution in [3.05, 3.63) is 52.0 Å². The molecule has 0 amide bonds. The maximum absolute atomic E-state index is 11.9. The Morgan fingerprint density at radius 1 is 1.44 bits per heavy atom. The van der Waals surface area contributed by atoms with Crippen molar-refractivity contribution in [2.75, 3.05) is 0 Å². The molecule has 82 valence electrons. The summed E-state index contributed by atoms with van der Waals surface area (Å²) in [5.41, 5.74) is 2.99. The fourth-order valence-electron chi connectivity index (χ4n) is 1.61. The van der Waals surface area contributed by atoms with E-state index in [1.807, 2.05) is 12.3 Å². The van der Waals surface area contributed by atoms with Crippen LogP contribution in [0.25, 0.3) is 0 Å². The maximum Gasteiger partial charge on any atom is 0.163 e. The van der Waals surface area contributed by atoms with Crippen LogP contribution < -0.4 is 0 Å². The lowest BCUT2D eigenvalue weighted by atomic mass is 10.0. The molecule has 0 saturated heterocycles. The van der Waals surface area contributed by atoms with Gasteiger partial charge in [-0.25, -0.2) is 0 Å². The average Bonchev–Trinajstić information content (AvgIpc) is 2.79. The number of Topliss-reactive ketones (excluding diaryl/α,β-unsaturated/α-hetero) is 1. The zero-order valence-electron chi connectivity index (χ0n) is 9.14. The summed E-state index contributed by atoms with van der Waals surface area (Å²) >= 11 is 1.67. The second-order valence-corrected chi connectivity index (χ2v) is 4.53. The summed E-state index contributed by atoms with van der Waals surface area (Å²) in [6, 6.07) is 3.86. The third kappa shape index (κ3) is 2.55. The van der Waals surface area contributed by atoms with Gasteiger partial charge in [0.2, 0.25) is 0 Å². The van der Waals surface area contributed by atoms with E-state index in [9.17, 15) is 4.79 Å². The van der Waals surface area contributed by atoms with Crippen molar-refractivity contribution in [3.8, 4) is 0 Å². The Morgan fingerprint density at radius 2 is 2.31 bits per heavy atom. The van der Waals surface area contributed by atoms with Gasteiger partial charge < -0.3 is 0 Å². The smallest absolute Gasteiger partial charge is 0.163 e. The molecule has 2 nitrogen and oxygen atoms in total. The molecule has 0 saturated carbocycles. The fourth-order valence-corrected chi connectivity index (χ4v) is 2.32. The molecule has 0 bridgehead atoms. The van der Waals surface area contributed by atoms with Crippen molar-refractivity contribution >= 4 is 17.1 Å². The van der Waals surface area contributed by atoms with Gasteiger partial charge in [0.1, 0.15) is 0 Å². The molecule has 0 aromatic carbocycles. The van der Waals surface area contributed by atoms with Crippen LogP contribution >= 0.6 is 11.3 Å². The van der Waals surface area contributed by atoms with Gasteiger partial charge in [0.15, 0.2) is 5.78 Å². The normalized spacial score (nSPS) is 10.3. The molecule has 0 radical (unpaired) electrons. The third-order valence-electron chi connectivity index (χ3n) is 2.54. The number of hydrogen-bond acceptors (Lipinski definition) is 3. The first-order valence-corrected chi connectivity index (χ1v) is 6.16. The van der Waals surface area contributed by atoms with Crippen LogP contribution in [0.5, 0.6) is 0 Å².